The third-order valence-electron chi connectivity index (χ3n) is 2.85. The standard InChI is InChI=1S/C13H20N2O3S/c1-3-11(14)7-8-15-13(16)10-5-4-6-12(9-10)19(2,17)18/h4-6,9,11H,3,7-8,14H2,1-2H3,(H,15,16). The number of benzene rings is 1. The minimum absolute atomic E-state index is 0.0719. The first-order valence-corrected chi connectivity index (χ1v) is 8.07. The van der Waals surface area contributed by atoms with Gasteiger partial charge in [-0.15, -0.1) is 0 Å². The molecule has 3 N–H and O–H groups in total. The van der Waals surface area contributed by atoms with Crippen molar-refractivity contribution in [1.82, 2.24) is 5.32 Å². The number of hydrogen-bond donors (Lipinski definition) is 2. The van der Waals surface area contributed by atoms with Crippen LogP contribution in [0.2, 0.25) is 0 Å². The fraction of sp³-hybridized carbons (Fsp3) is 0.462. The van der Waals surface area contributed by atoms with Gasteiger partial charge in [-0.3, -0.25) is 4.79 Å². The third kappa shape index (κ3) is 5.00. The van der Waals surface area contributed by atoms with Crippen molar-refractivity contribution in [2.45, 2.75) is 30.7 Å². The van der Waals surface area contributed by atoms with Gasteiger partial charge in [-0.05, 0) is 31.0 Å². The van der Waals surface area contributed by atoms with Gasteiger partial charge in [0.15, 0.2) is 9.84 Å². The number of nitrogens with two attached hydrogens (primary N) is 1. The highest BCUT2D eigenvalue weighted by Gasteiger charge is 2.11. The molecule has 1 aromatic rings. The average molecular weight is 284 g/mol. The Labute approximate surface area is 114 Å². The number of amides is 1. The molecule has 0 aliphatic carbocycles. The topological polar surface area (TPSA) is 89.3 Å². The lowest BCUT2D eigenvalue weighted by Crippen LogP contribution is -2.30. The normalized spacial score (nSPS) is 13.0. The first-order chi connectivity index (χ1) is 8.84. The number of nitrogens with one attached hydrogen (secondary N) is 1. The predicted molar refractivity (Wildman–Crippen MR) is 74.8 cm³/mol. The van der Waals surface area contributed by atoms with Crippen LogP contribution in [0.3, 0.4) is 0 Å². The Balaban J connectivity index is 2.68. The second kappa shape index (κ2) is 6.68. The summed E-state index contributed by atoms with van der Waals surface area (Å²) in [6.07, 6.45) is 2.68. The maximum absolute atomic E-state index is 11.8. The third-order valence-corrected chi connectivity index (χ3v) is 3.96. The van der Waals surface area contributed by atoms with Crippen molar-refractivity contribution in [2.75, 3.05) is 12.8 Å². The second-order valence-corrected chi connectivity index (χ2v) is 6.53. The Morgan fingerprint density at radius 2 is 2.11 bits per heavy atom. The monoisotopic (exact) mass is 284 g/mol. The molecule has 1 aromatic carbocycles. The molecule has 0 radical (unpaired) electrons. The van der Waals surface area contributed by atoms with Crippen LogP contribution >= 0.6 is 0 Å². The van der Waals surface area contributed by atoms with E-state index in [0.717, 1.165) is 12.7 Å². The van der Waals surface area contributed by atoms with Gasteiger partial charge < -0.3 is 11.1 Å². The van der Waals surface area contributed by atoms with E-state index in [0.29, 0.717) is 18.5 Å². The van der Waals surface area contributed by atoms with Crippen molar-refractivity contribution in [2.24, 2.45) is 5.73 Å². The van der Waals surface area contributed by atoms with E-state index in [-0.39, 0.29) is 16.8 Å². The molecule has 1 amide bonds. The number of carbonyl (C=O) groups is 1. The van der Waals surface area contributed by atoms with E-state index in [2.05, 4.69) is 5.32 Å². The van der Waals surface area contributed by atoms with Crippen LogP contribution in [0.5, 0.6) is 0 Å². The molecule has 0 aliphatic heterocycles. The molecule has 6 heteroatoms. The second-order valence-electron chi connectivity index (χ2n) is 4.51. The summed E-state index contributed by atoms with van der Waals surface area (Å²) >= 11 is 0. The zero-order valence-corrected chi connectivity index (χ0v) is 12.0. The van der Waals surface area contributed by atoms with Crippen molar-refractivity contribution in [3.8, 4) is 0 Å². The van der Waals surface area contributed by atoms with Crippen molar-refractivity contribution in [3.05, 3.63) is 29.8 Å². The average Bonchev–Trinajstić information content (AvgIpc) is 2.37. The van der Waals surface area contributed by atoms with Crippen molar-refractivity contribution in [3.63, 3.8) is 0 Å². The van der Waals surface area contributed by atoms with Gasteiger partial charge in [0.1, 0.15) is 0 Å². The Morgan fingerprint density at radius 1 is 1.42 bits per heavy atom. The number of rotatable bonds is 6. The summed E-state index contributed by atoms with van der Waals surface area (Å²) in [5, 5.41) is 2.73. The molecular weight excluding hydrogens is 264 g/mol. The molecule has 1 rings (SSSR count). The fourth-order valence-corrected chi connectivity index (χ4v) is 2.21. The van der Waals surface area contributed by atoms with Crippen LogP contribution < -0.4 is 11.1 Å². The highest BCUT2D eigenvalue weighted by molar-refractivity contribution is 7.90. The largest absolute Gasteiger partial charge is 0.352 e. The van der Waals surface area contributed by atoms with Gasteiger partial charge in [0.2, 0.25) is 0 Å². The van der Waals surface area contributed by atoms with E-state index < -0.39 is 9.84 Å². The van der Waals surface area contributed by atoms with Gasteiger partial charge in [0.05, 0.1) is 4.90 Å². The van der Waals surface area contributed by atoms with Gasteiger partial charge in [-0.25, -0.2) is 8.42 Å². The van der Waals surface area contributed by atoms with E-state index in [1.807, 2.05) is 6.92 Å². The maximum atomic E-state index is 11.8. The predicted octanol–water partition coefficient (Wildman–Crippen LogP) is 0.947. The molecule has 1 unspecified atom stereocenters. The van der Waals surface area contributed by atoms with E-state index in [4.69, 9.17) is 5.73 Å². The highest BCUT2D eigenvalue weighted by atomic mass is 32.2. The molecule has 0 aliphatic rings. The smallest absolute Gasteiger partial charge is 0.251 e. The molecule has 0 fully saturated rings. The van der Waals surface area contributed by atoms with Crippen molar-refractivity contribution in [1.29, 1.82) is 0 Å². The lowest BCUT2D eigenvalue weighted by molar-refractivity contribution is 0.0952. The summed E-state index contributed by atoms with van der Waals surface area (Å²) in [5.74, 6) is -0.284. The minimum Gasteiger partial charge on any atom is -0.352 e. The summed E-state index contributed by atoms with van der Waals surface area (Å²) < 4.78 is 22.8. The summed E-state index contributed by atoms with van der Waals surface area (Å²) in [5.41, 5.74) is 6.09. The molecule has 0 heterocycles. The van der Waals surface area contributed by atoms with Gasteiger partial charge in [-0.1, -0.05) is 13.0 Å². The molecule has 0 spiro atoms. The Kier molecular flexibility index (Phi) is 5.50. The number of carbonyl (C=O) groups excluding carboxylic acids is 1. The molecule has 5 nitrogen and oxygen atoms in total. The van der Waals surface area contributed by atoms with Crippen LogP contribution in [0.4, 0.5) is 0 Å². The van der Waals surface area contributed by atoms with Crippen LogP contribution in [0, 0.1) is 0 Å². The lowest BCUT2D eigenvalue weighted by Gasteiger charge is -2.10. The molecule has 0 saturated heterocycles. The van der Waals surface area contributed by atoms with Gasteiger partial charge in [0.25, 0.3) is 5.91 Å². The summed E-state index contributed by atoms with van der Waals surface area (Å²) in [6.45, 7) is 2.47. The van der Waals surface area contributed by atoms with E-state index in [9.17, 15) is 13.2 Å². The first kappa shape index (κ1) is 15.7. The van der Waals surface area contributed by atoms with Gasteiger partial charge in [-0.2, -0.15) is 0 Å². The van der Waals surface area contributed by atoms with Crippen LogP contribution in [0.25, 0.3) is 0 Å². The maximum Gasteiger partial charge on any atom is 0.251 e. The van der Waals surface area contributed by atoms with E-state index in [1.165, 1.54) is 12.1 Å². The molecule has 0 saturated carbocycles. The van der Waals surface area contributed by atoms with Gasteiger partial charge >= 0.3 is 0 Å². The van der Waals surface area contributed by atoms with E-state index in [1.54, 1.807) is 12.1 Å². The number of sulfone groups is 1. The van der Waals surface area contributed by atoms with Crippen LogP contribution in [0.1, 0.15) is 30.1 Å². The zero-order chi connectivity index (χ0) is 14.5. The zero-order valence-electron chi connectivity index (χ0n) is 11.2. The molecule has 19 heavy (non-hydrogen) atoms. The SMILES string of the molecule is CCC(N)CCNC(=O)c1cccc(S(C)(=O)=O)c1. The Morgan fingerprint density at radius 3 is 2.68 bits per heavy atom. The number of hydrogen-bond acceptors (Lipinski definition) is 4. The quantitative estimate of drug-likeness (QED) is 0.814. The van der Waals surface area contributed by atoms with Crippen molar-refractivity contribution < 1.29 is 13.2 Å². The Bertz CT molecular complexity index is 541. The van der Waals surface area contributed by atoms with E-state index >= 15 is 0 Å². The lowest BCUT2D eigenvalue weighted by atomic mass is 10.1. The minimum atomic E-state index is -3.30. The Hall–Kier alpha value is -1.40. The fourth-order valence-electron chi connectivity index (χ4n) is 1.55. The van der Waals surface area contributed by atoms with Crippen molar-refractivity contribution >= 4 is 15.7 Å². The molecule has 0 bridgehead atoms. The van der Waals surface area contributed by atoms with Crippen LogP contribution in [-0.2, 0) is 9.84 Å². The highest BCUT2D eigenvalue weighted by Crippen LogP contribution is 2.11. The molecule has 106 valence electrons. The molecule has 1 atom stereocenters. The summed E-state index contributed by atoms with van der Waals surface area (Å²) in [6, 6.07) is 6.07. The van der Waals surface area contributed by atoms with Crippen LogP contribution in [-0.4, -0.2) is 33.2 Å². The summed E-state index contributed by atoms with van der Waals surface area (Å²) in [4.78, 5) is 12.0. The van der Waals surface area contributed by atoms with Crippen LogP contribution in [0.15, 0.2) is 29.2 Å². The summed E-state index contributed by atoms with van der Waals surface area (Å²) in [7, 11) is -3.30. The first-order valence-electron chi connectivity index (χ1n) is 6.18. The molecular formula is C13H20N2O3S. The molecule has 0 aromatic heterocycles. The van der Waals surface area contributed by atoms with Gasteiger partial charge in [0, 0.05) is 24.4 Å².